The zero-order valence-electron chi connectivity index (χ0n) is 21.6. The van der Waals surface area contributed by atoms with E-state index in [1.807, 2.05) is 0 Å². The lowest BCUT2D eigenvalue weighted by Crippen LogP contribution is -2.46. The molecule has 40 heavy (non-hydrogen) atoms. The minimum atomic E-state index is -1.14. The fourth-order valence-electron chi connectivity index (χ4n) is 4.34. The van der Waals surface area contributed by atoms with E-state index in [1.54, 1.807) is 20.0 Å². The predicted molar refractivity (Wildman–Crippen MR) is 140 cm³/mol. The van der Waals surface area contributed by atoms with Crippen LogP contribution in [-0.4, -0.2) is 42.2 Å². The highest BCUT2D eigenvalue weighted by atomic mass is 35.5. The summed E-state index contributed by atoms with van der Waals surface area (Å²) in [5.74, 6) is -4.55. The van der Waals surface area contributed by atoms with Crippen LogP contribution < -0.4 is 15.0 Å². The first-order valence-electron chi connectivity index (χ1n) is 12.3. The first-order chi connectivity index (χ1) is 19.0. The summed E-state index contributed by atoms with van der Waals surface area (Å²) in [6.07, 6.45) is 0.342. The fourth-order valence-corrected chi connectivity index (χ4v) is 4.61. The van der Waals surface area contributed by atoms with E-state index in [0.29, 0.717) is 29.8 Å². The number of ether oxygens (including phenoxy) is 1. The minimum absolute atomic E-state index is 0.0115. The van der Waals surface area contributed by atoms with Gasteiger partial charge in [-0.3, -0.25) is 9.69 Å². The number of aliphatic hydroxyl groups excluding tert-OH is 1. The van der Waals surface area contributed by atoms with Crippen LogP contribution in [0.4, 0.5) is 28.0 Å². The van der Waals surface area contributed by atoms with Gasteiger partial charge in [0.25, 0.3) is 5.91 Å². The van der Waals surface area contributed by atoms with Gasteiger partial charge in [0.1, 0.15) is 29.0 Å². The number of rotatable bonds is 9. The smallest absolute Gasteiger partial charge is 0.325 e. The average molecular weight is 580 g/mol. The molecule has 0 radical (unpaired) electrons. The largest absolute Gasteiger partial charge is 0.492 e. The summed E-state index contributed by atoms with van der Waals surface area (Å²) in [5, 5.41) is 11.3. The molecule has 1 heterocycles. The lowest BCUT2D eigenvalue weighted by Gasteiger charge is -2.40. The third kappa shape index (κ3) is 5.85. The van der Waals surface area contributed by atoms with Crippen molar-refractivity contribution in [3.8, 4) is 5.75 Å². The number of halogens is 5. The van der Waals surface area contributed by atoms with Gasteiger partial charge in [0.15, 0.2) is 0 Å². The van der Waals surface area contributed by atoms with Crippen LogP contribution in [0.15, 0.2) is 42.5 Å². The number of fused-ring (bicyclic) bond motifs is 1. The number of hydrogen-bond acceptors (Lipinski definition) is 4. The van der Waals surface area contributed by atoms with Gasteiger partial charge in [-0.2, -0.15) is 0 Å². The number of aliphatic hydroxyl groups is 1. The van der Waals surface area contributed by atoms with Crippen LogP contribution in [0, 0.1) is 23.3 Å². The van der Waals surface area contributed by atoms with E-state index in [0.717, 1.165) is 6.07 Å². The second-order valence-corrected chi connectivity index (χ2v) is 9.60. The van der Waals surface area contributed by atoms with Gasteiger partial charge in [-0.25, -0.2) is 22.4 Å². The molecule has 0 saturated carbocycles. The Kier molecular flexibility index (Phi) is 8.85. The zero-order chi connectivity index (χ0) is 29.1. The van der Waals surface area contributed by atoms with E-state index >= 15 is 0 Å². The summed E-state index contributed by atoms with van der Waals surface area (Å²) >= 11 is 6.44. The molecular formula is C28H26ClF4N3O4. The normalized spacial score (nSPS) is 14.8. The fraction of sp³-hybridized carbons (Fsp3) is 0.286. The zero-order valence-corrected chi connectivity index (χ0v) is 22.4. The molecule has 2 N–H and O–H groups in total. The van der Waals surface area contributed by atoms with Crippen LogP contribution in [-0.2, 0) is 13.1 Å². The quantitative estimate of drug-likeness (QED) is 0.251. The Morgan fingerprint density at radius 1 is 1.05 bits per heavy atom. The maximum Gasteiger partial charge on any atom is 0.325 e. The number of carbonyl (C=O) groups is 2. The molecule has 0 spiro atoms. The summed E-state index contributed by atoms with van der Waals surface area (Å²) < 4.78 is 61.7. The van der Waals surface area contributed by atoms with Crippen molar-refractivity contribution in [3.05, 3.63) is 93.0 Å². The van der Waals surface area contributed by atoms with Crippen molar-refractivity contribution < 1.29 is 37.0 Å². The monoisotopic (exact) mass is 579 g/mol. The SMILES string of the molecule is C[C@H]1c2ccc(C(=O)NCc3c(F)cc(F)cc3F)cc2N(Cc2c(F)ccc(OCCCO)c2Cl)C(=O)N1C. The number of carbonyl (C=O) groups excluding carboxylic acids is 2. The molecule has 0 unspecified atom stereocenters. The van der Waals surface area contributed by atoms with Gasteiger partial charge >= 0.3 is 6.03 Å². The minimum Gasteiger partial charge on any atom is -0.492 e. The van der Waals surface area contributed by atoms with E-state index in [-0.39, 0.29) is 47.7 Å². The van der Waals surface area contributed by atoms with Gasteiger partial charge < -0.3 is 20.1 Å². The van der Waals surface area contributed by atoms with E-state index < -0.39 is 47.3 Å². The molecule has 0 saturated heterocycles. The number of nitrogens with one attached hydrogen (secondary N) is 1. The molecule has 0 aromatic heterocycles. The number of amides is 3. The Morgan fingerprint density at radius 2 is 1.75 bits per heavy atom. The maximum atomic E-state index is 14.9. The number of anilines is 1. The Morgan fingerprint density at radius 3 is 2.42 bits per heavy atom. The summed E-state index contributed by atoms with van der Waals surface area (Å²) in [6, 6.07) is 7.24. The molecule has 12 heteroatoms. The average Bonchev–Trinajstić information content (AvgIpc) is 2.91. The van der Waals surface area contributed by atoms with Gasteiger partial charge in [-0.1, -0.05) is 17.7 Å². The van der Waals surface area contributed by atoms with Crippen molar-refractivity contribution in [3.63, 3.8) is 0 Å². The number of nitrogens with zero attached hydrogens (tertiary/aromatic N) is 2. The van der Waals surface area contributed by atoms with E-state index in [9.17, 15) is 27.2 Å². The van der Waals surface area contributed by atoms with Crippen molar-refractivity contribution in [1.82, 2.24) is 10.2 Å². The van der Waals surface area contributed by atoms with Crippen LogP contribution in [0.1, 0.15) is 46.4 Å². The summed E-state index contributed by atoms with van der Waals surface area (Å²) in [5.41, 5.74) is 0.544. The third-order valence-electron chi connectivity index (χ3n) is 6.71. The van der Waals surface area contributed by atoms with E-state index in [4.69, 9.17) is 21.4 Å². The van der Waals surface area contributed by atoms with Crippen molar-refractivity contribution in [2.24, 2.45) is 0 Å². The molecule has 3 amide bonds. The lowest BCUT2D eigenvalue weighted by atomic mass is 9.98. The highest BCUT2D eigenvalue weighted by molar-refractivity contribution is 6.32. The molecule has 0 bridgehead atoms. The number of hydrogen-bond donors (Lipinski definition) is 2. The van der Waals surface area contributed by atoms with Crippen LogP contribution in [0.3, 0.4) is 0 Å². The Labute approximate surface area is 232 Å². The van der Waals surface area contributed by atoms with Crippen LogP contribution in [0.2, 0.25) is 5.02 Å². The highest BCUT2D eigenvalue weighted by Gasteiger charge is 2.35. The van der Waals surface area contributed by atoms with Gasteiger partial charge in [0, 0.05) is 55.4 Å². The summed E-state index contributed by atoms with van der Waals surface area (Å²) in [6.45, 7) is 1.01. The second-order valence-electron chi connectivity index (χ2n) is 9.22. The van der Waals surface area contributed by atoms with Crippen molar-refractivity contribution in [2.75, 3.05) is 25.2 Å². The van der Waals surface area contributed by atoms with E-state index in [2.05, 4.69) is 5.32 Å². The molecule has 3 aromatic carbocycles. The molecule has 1 aliphatic heterocycles. The topological polar surface area (TPSA) is 82.1 Å². The summed E-state index contributed by atoms with van der Waals surface area (Å²) in [7, 11) is 1.59. The summed E-state index contributed by atoms with van der Waals surface area (Å²) in [4.78, 5) is 29.0. The van der Waals surface area contributed by atoms with Crippen molar-refractivity contribution >= 4 is 29.2 Å². The van der Waals surface area contributed by atoms with Gasteiger partial charge in [0.05, 0.1) is 29.9 Å². The number of urea groups is 1. The van der Waals surface area contributed by atoms with Crippen LogP contribution >= 0.6 is 11.6 Å². The lowest BCUT2D eigenvalue weighted by molar-refractivity contribution is 0.0950. The van der Waals surface area contributed by atoms with Gasteiger partial charge in [0.2, 0.25) is 0 Å². The molecule has 3 aromatic rings. The molecular weight excluding hydrogens is 554 g/mol. The van der Waals surface area contributed by atoms with Crippen molar-refractivity contribution in [1.29, 1.82) is 0 Å². The molecule has 0 aliphatic carbocycles. The molecule has 1 aliphatic rings. The molecule has 1 atom stereocenters. The third-order valence-corrected chi connectivity index (χ3v) is 7.12. The highest BCUT2D eigenvalue weighted by Crippen LogP contribution is 2.39. The van der Waals surface area contributed by atoms with Crippen molar-refractivity contribution in [2.45, 2.75) is 32.5 Å². The molecule has 7 nitrogen and oxygen atoms in total. The first kappa shape index (κ1) is 29.2. The van der Waals surface area contributed by atoms with Crippen LogP contribution in [0.5, 0.6) is 5.75 Å². The Balaban J connectivity index is 1.64. The maximum absolute atomic E-state index is 14.9. The molecule has 0 fully saturated rings. The second kappa shape index (κ2) is 12.1. The first-order valence-corrected chi connectivity index (χ1v) is 12.7. The Hall–Kier alpha value is -3.83. The van der Waals surface area contributed by atoms with Crippen LogP contribution in [0.25, 0.3) is 0 Å². The van der Waals surface area contributed by atoms with Gasteiger partial charge in [-0.15, -0.1) is 0 Å². The predicted octanol–water partition coefficient (Wildman–Crippen LogP) is 5.72. The van der Waals surface area contributed by atoms with E-state index in [1.165, 1.54) is 28.0 Å². The Bertz CT molecular complexity index is 1430. The standard InChI is InChI=1S/C28H26ClF4N3O4/c1-15-18-5-4-16(27(38)34-13-19-22(32)11-17(30)12-23(19)33)10-24(18)36(28(39)35(15)2)14-20-21(31)6-7-25(26(20)29)40-9-3-8-37/h4-7,10-12,15,37H,3,8-9,13-14H2,1-2H3,(H,34,38)/t15-/m0/s1. The molecule has 4 rings (SSSR count). The van der Waals surface area contributed by atoms with Gasteiger partial charge in [-0.05, 0) is 36.8 Å². The molecule has 212 valence electrons. The number of benzene rings is 3.